The van der Waals surface area contributed by atoms with Crippen LogP contribution in [0.25, 0.3) is 0 Å². The van der Waals surface area contributed by atoms with E-state index in [1.54, 1.807) is 0 Å². The number of nitrogens with zero attached hydrogens (tertiary/aromatic N) is 1. The fourth-order valence-electron chi connectivity index (χ4n) is 3.71. The van der Waals surface area contributed by atoms with Gasteiger partial charge in [0.25, 0.3) is 5.91 Å². The first kappa shape index (κ1) is 13.4. The van der Waals surface area contributed by atoms with Crippen molar-refractivity contribution in [3.05, 3.63) is 29.6 Å². The number of amides is 1. The molecule has 1 atom stereocenters. The van der Waals surface area contributed by atoms with Crippen molar-refractivity contribution in [1.82, 2.24) is 4.90 Å². The molecular weight excluding hydrogens is 257 g/mol. The van der Waals surface area contributed by atoms with Crippen LogP contribution < -0.4 is 0 Å². The van der Waals surface area contributed by atoms with E-state index >= 15 is 0 Å². The lowest BCUT2D eigenvalue weighted by molar-refractivity contribution is 0.0684. The molecule has 1 N–H and O–H groups in total. The Hall–Kier alpha value is -1.58. The van der Waals surface area contributed by atoms with Crippen LogP contribution in [0.15, 0.2) is 18.2 Å². The van der Waals surface area contributed by atoms with E-state index in [0.29, 0.717) is 5.92 Å². The third kappa shape index (κ3) is 2.39. The quantitative estimate of drug-likeness (QED) is 0.900. The molecule has 1 saturated heterocycles. The fraction of sp³-hybridized carbons (Fsp3) is 0.562. The number of hydrogen-bond acceptors (Lipinski definition) is 2. The highest BCUT2D eigenvalue weighted by atomic mass is 19.1. The zero-order valence-corrected chi connectivity index (χ0v) is 11.5. The van der Waals surface area contributed by atoms with Crippen molar-refractivity contribution in [2.45, 2.75) is 44.6 Å². The predicted molar refractivity (Wildman–Crippen MR) is 74.1 cm³/mol. The Kier molecular flexibility index (Phi) is 3.64. The first-order chi connectivity index (χ1) is 9.66. The van der Waals surface area contributed by atoms with E-state index in [9.17, 15) is 14.3 Å². The van der Waals surface area contributed by atoms with Crippen LogP contribution >= 0.6 is 0 Å². The molecule has 4 heteroatoms. The summed E-state index contributed by atoms with van der Waals surface area (Å²) in [6.07, 6.45) is 6.91. The van der Waals surface area contributed by atoms with Gasteiger partial charge in [-0.05, 0) is 43.7 Å². The maximum Gasteiger partial charge on any atom is 0.257 e. The fourth-order valence-corrected chi connectivity index (χ4v) is 3.71. The van der Waals surface area contributed by atoms with Crippen molar-refractivity contribution in [2.24, 2.45) is 5.92 Å². The predicted octanol–water partition coefficient (Wildman–Crippen LogP) is 3.33. The van der Waals surface area contributed by atoms with Gasteiger partial charge in [-0.2, -0.15) is 0 Å². The zero-order chi connectivity index (χ0) is 14.1. The summed E-state index contributed by atoms with van der Waals surface area (Å²) in [7, 11) is 0. The summed E-state index contributed by atoms with van der Waals surface area (Å²) in [5.74, 6) is -0.418. The molecule has 0 spiro atoms. The molecule has 1 heterocycles. The van der Waals surface area contributed by atoms with E-state index in [1.807, 2.05) is 4.90 Å². The summed E-state index contributed by atoms with van der Waals surface area (Å²) in [5.41, 5.74) is 0.0766. The SMILES string of the molecule is O=C(c1ccc(O)cc1F)N1CCCC1C1CCCC1. The molecule has 2 fully saturated rings. The van der Waals surface area contributed by atoms with Gasteiger partial charge in [0.15, 0.2) is 0 Å². The lowest BCUT2D eigenvalue weighted by atomic mass is 9.95. The highest BCUT2D eigenvalue weighted by Crippen LogP contribution is 2.36. The van der Waals surface area contributed by atoms with Crippen LogP contribution in [0, 0.1) is 11.7 Å². The van der Waals surface area contributed by atoms with E-state index in [0.717, 1.165) is 25.5 Å². The zero-order valence-electron chi connectivity index (χ0n) is 11.5. The Morgan fingerprint density at radius 1 is 1.20 bits per heavy atom. The average molecular weight is 277 g/mol. The van der Waals surface area contributed by atoms with Crippen molar-refractivity contribution in [3.8, 4) is 5.75 Å². The van der Waals surface area contributed by atoms with Gasteiger partial charge in [-0.3, -0.25) is 4.79 Å². The highest BCUT2D eigenvalue weighted by Gasteiger charge is 2.36. The highest BCUT2D eigenvalue weighted by molar-refractivity contribution is 5.95. The van der Waals surface area contributed by atoms with E-state index in [1.165, 1.54) is 37.8 Å². The number of rotatable bonds is 2. The van der Waals surface area contributed by atoms with Gasteiger partial charge in [0.1, 0.15) is 11.6 Å². The smallest absolute Gasteiger partial charge is 0.257 e. The number of phenols is 1. The maximum atomic E-state index is 13.9. The number of carbonyl (C=O) groups is 1. The number of halogens is 1. The Morgan fingerprint density at radius 3 is 2.65 bits per heavy atom. The molecule has 2 aliphatic rings. The van der Waals surface area contributed by atoms with E-state index in [-0.39, 0.29) is 23.3 Å². The Morgan fingerprint density at radius 2 is 1.95 bits per heavy atom. The molecular formula is C16H20FNO2. The van der Waals surface area contributed by atoms with Crippen LogP contribution in [0.3, 0.4) is 0 Å². The van der Waals surface area contributed by atoms with Crippen molar-refractivity contribution in [2.75, 3.05) is 6.54 Å². The molecule has 108 valence electrons. The van der Waals surface area contributed by atoms with Crippen molar-refractivity contribution < 1.29 is 14.3 Å². The number of carbonyl (C=O) groups excluding carboxylic acids is 1. The topological polar surface area (TPSA) is 40.5 Å². The number of likely N-dealkylation sites (tertiary alicyclic amines) is 1. The van der Waals surface area contributed by atoms with E-state index in [4.69, 9.17) is 0 Å². The van der Waals surface area contributed by atoms with Gasteiger partial charge >= 0.3 is 0 Å². The van der Waals surface area contributed by atoms with E-state index in [2.05, 4.69) is 0 Å². The molecule has 0 bridgehead atoms. The van der Waals surface area contributed by atoms with Crippen LogP contribution in [0.1, 0.15) is 48.9 Å². The molecule has 1 aromatic carbocycles. The molecule has 20 heavy (non-hydrogen) atoms. The normalized spacial score (nSPS) is 23.4. The largest absolute Gasteiger partial charge is 0.508 e. The lowest BCUT2D eigenvalue weighted by Gasteiger charge is -2.29. The monoisotopic (exact) mass is 277 g/mol. The second kappa shape index (κ2) is 5.43. The van der Waals surface area contributed by atoms with Gasteiger partial charge in [-0.15, -0.1) is 0 Å². The standard InChI is InChI=1S/C16H20FNO2/c17-14-10-12(19)7-8-13(14)16(20)18-9-3-6-15(18)11-4-1-2-5-11/h7-8,10-11,15,19H,1-6,9H2. The molecule has 1 aromatic rings. The van der Waals surface area contributed by atoms with Crippen LogP contribution in [0.2, 0.25) is 0 Å². The second-order valence-corrected chi connectivity index (χ2v) is 5.92. The van der Waals surface area contributed by atoms with Gasteiger partial charge < -0.3 is 10.0 Å². The maximum absolute atomic E-state index is 13.9. The number of aromatic hydroxyl groups is 1. The Labute approximate surface area is 118 Å². The average Bonchev–Trinajstić information content (AvgIpc) is 3.09. The van der Waals surface area contributed by atoms with Gasteiger partial charge in [0.05, 0.1) is 5.56 Å². The molecule has 3 nitrogen and oxygen atoms in total. The minimum Gasteiger partial charge on any atom is -0.508 e. The van der Waals surface area contributed by atoms with E-state index < -0.39 is 5.82 Å². The first-order valence-electron chi connectivity index (χ1n) is 7.46. The second-order valence-electron chi connectivity index (χ2n) is 5.92. The van der Waals surface area contributed by atoms with Crippen molar-refractivity contribution in [3.63, 3.8) is 0 Å². The van der Waals surface area contributed by atoms with Gasteiger partial charge in [0.2, 0.25) is 0 Å². The molecule has 1 aliphatic carbocycles. The molecule has 0 aromatic heterocycles. The third-order valence-corrected chi connectivity index (χ3v) is 4.69. The molecule has 3 rings (SSSR count). The van der Waals surface area contributed by atoms with Crippen LogP contribution in [-0.2, 0) is 0 Å². The molecule has 1 unspecified atom stereocenters. The summed E-state index contributed by atoms with van der Waals surface area (Å²) in [6.45, 7) is 0.723. The molecule has 1 aliphatic heterocycles. The van der Waals surface area contributed by atoms with Gasteiger partial charge in [-0.1, -0.05) is 12.8 Å². The summed E-state index contributed by atoms with van der Waals surface area (Å²) >= 11 is 0. The summed E-state index contributed by atoms with van der Waals surface area (Å²) in [6, 6.07) is 4.04. The number of hydrogen-bond donors (Lipinski definition) is 1. The first-order valence-corrected chi connectivity index (χ1v) is 7.46. The van der Waals surface area contributed by atoms with Crippen LogP contribution in [0.5, 0.6) is 5.75 Å². The Bertz CT molecular complexity index is 511. The van der Waals surface area contributed by atoms with Crippen molar-refractivity contribution in [1.29, 1.82) is 0 Å². The lowest BCUT2D eigenvalue weighted by Crippen LogP contribution is -2.39. The van der Waals surface area contributed by atoms with Gasteiger partial charge in [0, 0.05) is 18.7 Å². The molecule has 1 saturated carbocycles. The third-order valence-electron chi connectivity index (χ3n) is 4.69. The summed E-state index contributed by atoms with van der Waals surface area (Å²) < 4.78 is 13.9. The number of phenolic OH excluding ortho intramolecular Hbond substituents is 1. The van der Waals surface area contributed by atoms with Crippen LogP contribution in [-0.4, -0.2) is 28.5 Å². The minimum atomic E-state index is -0.632. The summed E-state index contributed by atoms with van der Waals surface area (Å²) in [5, 5.41) is 9.24. The Balaban J connectivity index is 1.81. The van der Waals surface area contributed by atoms with Crippen LogP contribution in [0.4, 0.5) is 4.39 Å². The molecule has 0 radical (unpaired) electrons. The minimum absolute atomic E-state index is 0.0766. The van der Waals surface area contributed by atoms with Crippen molar-refractivity contribution >= 4 is 5.91 Å². The van der Waals surface area contributed by atoms with Gasteiger partial charge in [-0.25, -0.2) is 4.39 Å². The number of benzene rings is 1. The molecule has 1 amide bonds. The summed E-state index contributed by atoms with van der Waals surface area (Å²) in [4.78, 5) is 14.4.